The molecular formula is C70H83Cl2N9O23. The summed E-state index contributed by atoms with van der Waals surface area (Å²) in [6.07, 6.45) is -15.6. The van der Waals surface area contributed by atoms with Gasteiger partial charge in [0.25, 0.3) is 0 Å². The number of phenols is 3. The number of nitrogens with one attached hydrogen (secondary N) is 8. The number of likely N-dealkylation sites (N-methyl/N-ethyl adjacent to an activating group) is 1. The number of phenolic OH excluding ortho intramolecular Hbond substituents is 3. The number of nitrogens with two attached hydrogens (primary N) is 1. The summed E-state index contributed by atoms with van der Waals surface area (Å²) >= 11 is 14.2. The van der Waals surface area contributed by atoms with Crippen LogP contribution in [0.5, 0.6) is 46.0 Å². The largest absolute Gasteiger partial charge is 0.508 e. The molecule has 7 amide bonds. The number of amides is 7. The minimum atomic E-state index is -2.33. The molecule has 12 rings (SSSR count). The van der Waals surface area contributed by atoms with Crippen molar-refractivity contribution in [1.29, 1.82) is 0 Å². The number of hydrogen-bond acceptors (Lipinski definition) is 24. The number of fused-ring (bicyclic) bond motifs is 15. The predicted molar refractivity (Wildman–Crippen MR) is 367 cm³/mol. The number of aliphatic hydroxyl groups is 6. The summed E-state index contributed by atoms with van der Waals surface area (Å²) in [7, 11) is 1.48. The third kappa shape index (κ3) is 16.5. The lowest BCUT2D eigenvalue weighted by molar-refractivity contribution is -0.299. The molecule has 6 heterocycles. The first-order chi connectivity index (χ1) is 49.1. The molecule has 7 aliphatic rings. The van der Waals surface area contributed by atoms with Crippen molar-refractivity contribution in [3.05, 3.63) is 117 Å². The fourth-order valence-electron chi connectivity index (χ4n) is 13.8. The van der Waals surface area contributed by atoms with E-state index < -0.39 is 231 Å². The molecule has 32 nitrogen and oxygen atoms in total. The summed E-state index contributed by atoms with van der Waals surface area (Å²) in [5.41, 5.74) is 2.03. The number of primary amides is 1. The van der Waals surface area contributed by atoms with Gasteiger partial charge in [-0.3, -0.25) is 33.6 Å². The maximum absolute atomic E-state index is 16.1. The lowest BCUT2D eigenvalue weighted by Gasteiger charge is -2.49. The Morgan fingerprint density at radius 2 is 1.32 bits per heavy atom. The van der Waals surface area contributed by atoms with Crippen LogP contribution in [-0.4, -0.2) is 191 Å². The molecule has 560 valence electrons. The summed E-state index contributed by atoms with van der Waals surface area (Å²) in [4.78, 5) is 117. The molecule has 0 spiro atoms. The Labute approximate surface area is 604 Å². The van der Waals surface area contributed by atoms with Crippen LogP contribution in [0.2, 0.25) is 10.0 Å². The van der Waals surface area contributed by atoms with Crippen LogP contribution >= 0.6 is 23.2 Å². The van der Waals surface area contributed by atoms with Gasteiger partial charge in [0.05, 0.1) is 41.3 Å². The number of ether oxygens (including phenoxy) is 5. The van der Waals surface area contributed by atoms with Gasteiger partial charge in [-0.2, -0.15) is 0 Å². The molecule has 2 fully saturated rings. The number of hydrogen-bond donors (Lipinski definition) is 19. The van der Waals surface area contributed by atoms with E-state index in [-0.39, 0.29) is 64.4 Å². The van der Waals surface area contributed by atoms with Gasteiger partial charge in [-0.05, 0) is 122 Å². The SMILES string of the molecule is CN[C@H](CC(C)C)C(=O)N[C@H]1C(=O)N[C@@H](CC(N)=O)C(=O)N[C@H]2C(=O)N[C@H]3C(=O)N[C@H](C(=O)N[C@@H](C(=O)O)c4cc(O)cc(O)c4-c4cc3ccc4O)[C@H](O)c3ccc(c(Cl)c3)Oc3cc2cc(c3OC2OC(CO)C(O)C(O)C2OC2CC(C)C(O)C(C)(NC(C)C)C2)Oc2ccc(cc2Cl)[C@H]1O. The van der Waals surface area contributed by atoms with Gasteiger partial charge < -0.3 is 123 Å². The van der Waals surface area contributed by atoms with Gasteiger partial charge in [-0.25, -0.2) is 4.79 Å². The van der Waals surface area contributed by atoms with Gasteiger partial charge in [0.2, 0.25) is 53.4 Å². The fraction of sp³-hybridized carbons (Fsp3) is 0.457. The molecule has 1 aliphatic carbocycles. The van der Waals surface area contributed by atoms with E-state index in [1.165, 1.54) is 25.2 Å². The van der Waals surface area contributed by atoms with Crippen LogP contribution in [-0.2, 0) is 47.8 Å². The van der Waals surface area contributed by atoms with Crippen molar-refractivity contribution in [2.24, 2.45) is 17.6 Å². The molecule has 6 aliphatic heterocycles. The zero-order chi connectivity index (χ0) is 75.8. The highest BCUT2D eigenvalue weighted by Crippen LogP contribution is 2.50. The van der Waals surface area contributed by atoms with E-state index in [4.69, 9.17) is 52.6 Å². The topological polar surface area (TPSA) is 507 Å². The van der Waals surface area contributed by atoms with Crippen molar-refractivity contribution in [1.82, 2.24) is 42.5 Å². The Bertz CT molecular complexity index is 4150. The molecule has 5 aromatic carbocycles. The molecule has 0 radical (unpaired) electrons. The number of rotatable bonds is 15. The van der Waals surface area contributed by atoms with Gasteiger partial charge in [0.1, 0.15) is 95.6 Å². The summed E-state index contributed by atoms with van der Waals surface area (Å²) in [5, 5.41) is 135. The second-order valence-electron chi connectivity index (χ2n) is 27.5. The molecule has 34 heteroatoms. The van der Waals surface area contributed by atoms with Crippen LogP contribution < -0.4 is 62.5 Å². The number of halogens is 2. The second-order valence-corrected chi connectivity index (χ2v) is 28.3. The first kappa shape index (κ1) is 77.5. The Morgan fingerprint density at radius 3 is 1.90 bits per heavy atom. The van der Waals surface area contributed by atoms with Crippen molar-refractivity contribution < 1.29 is 113 Å². The Hall–Kier alpha value is -9.16. The Morgan fingerprint density at radius 1 is 0.712 bits per heavy atom. The van der Waals surface area contributed by atoms with E-state index >= 15 is 14.4 Å². The number of aromatic hydroxyl groups is 3. The van der Waals surface area contributed by atoms with Crippen LogP contribution in [0.15, 0.2) is 78.9 Å². The highest BCUT2D eigenvalue weighted by Gasteiger charge is 2.52. The molecule has 0 aromatic heterocycles. The van der Waals surface area contributed by atoms with Crippen LogP contribution in [0.25, 0.3) is 11.1 Å². The van der Waals surface area contributed by atoms with Gasteiger partial charge >= 0.3 is 5.97 Å². The monoisotopic (exact) mass is 1490 g/mol. The van der Waals surface area contributed by atoms with Crippen LogP contribution in [0.3, 0.4) is 0 Å². The fourth-order valence-corrected chi connectivity index (χ4v) is 14.3. The van der Waals surface area contributed by atoms with E-state index in [1.807, 2.05) is 27.7 Å². The van der Waals surface area contributed by atoms with E-state index in [1.54, 1.807) is 13.8 Å². The maximum atomic E-state index is 16.1. The molecule has 20 N–H and O–H groups in total. The lowest BCUT2D eigenvalue weighted by Crippen LogP contribution is -2.64. The minimum absolute atomic E-state index is 0.0917. The van der Waals surface area contributed by atoms with Crippen molar-refractivity contribution in [2.45, 2.75) is 176 Å². The zero-order valence-corrected chi connectivity index (χ0v) is 58.6. The minimum Gasteiger partial charge on any atom is -0.508 e. The van der Waals surface area contributed by atoms with Crippen LogP contribution in [0, 0.1) is 11.8 Å². The molecular weight excluding hydrogens is 1410 g/mol. The molecule has 9 unspecified atom stereocenters. The number of benzene rings is 5. The number of aliphatic hydroxyl groups excluding tert-OH is 6. The van der Waals surface area contributed by atoms with Gasteiger partial charge in [-0.15, -0.1) is 0 Å². The Balaban J connectivity index is 1.24. The molecule has 104 heavy (non-hydrogen) atoms. The normalized spacial score (nSPS) is 29.0. The first-order valence-electron chi connectivity index (χ1n) is 33.4. The van der Waals surface area contributed by atoms with Gasteiger partial charge in [0, 0.05) is 34.3 Å². The third-order valence-corrected chi connectivity index (χ3v) is 19.4. The summed E-state index contributed by atoms with van der Waals surface area (Å²) in [5.74, 6) is -16.1. The summed E-state index contributed by atoms with van der Waals surface area (Å²) in [6.45, 7) is 10.1. The van der Waals surface area contributed by atoms with Gasteiger partial charge in [-0.1, -0.05) is 76.0 Å². The summed E-state index contributed by atoms with van der Waals surface area (Å²) < 4.78 is 33.2. The standard InChI is InChI=1S/C70H83Cl2N9O23/c1-26(2)14-39(74-7)62(92)79-53-55(87)30-9-12-43(37(71)17-30)101-45-19-32-20-46(59(45)104-69-60(58(90)57(89)47(25-82)103-69)100-34-15-28(5)61(91)70(6,24-34)81-27(3)4)102-44-13-10-31(18-38(44)72)56(88)54-67(97)78-52(68(98)99)36-21-33(83)22-42(85)49(36)35-16-29(8-11-41(35)84)50(64(94)80-54)77-65(95)51(32)76-63(93)40(23-48(73)86)75-66(53)96/h8-13,16-22,26-28,34,39-40,47,50-58,60-61,69,74,81-85,87-91H,14-15,23-25H2,1-7H3,(H2,73,86)(H,75,96)(H,76,93)(H,77,95)(H,78,97)(H,79,92)(H,80,94)(H,98,99)/t28?,34?,39-,40+,47?,50-,51-,52-,53-,54+,55-,56-,57?,58?,60?,61?,69?,70?/m1/s1. The maximum Gasteiger partial charge on any atom is 0.330 e. The molecule has 11 bridgehead atoms. The number of carboxylic acid groups (broad SMARTS) is 1. The number of carbonyl (C=O) groups is 8. The molecule has 1 saturated heterocycles. The smallest absolute Gasteiger partial charge is 0.330 e. The molecule has 1 saturated carbocycles. The van der Waals surface area contributed by atoms with E-state index in [0.29, 0.717) is 0 Å². The first-order valence-corrected chi connectivity index (χ1v) is 34.1. The number of aliphatic carboxylic acids is 1. The predicted octanol–water partition coefficient (Wildman–Crippen LogP) is 1.81. The molecule has 18 atom stereocenters. The number of carboxylic acids is 1. The third-order valence-electron chi connectivity index (χ3n) is 18.8. The molecule has 5 aromatic rings. The van der Waals surface area contributed by atoms with Crippen molar-refractivity contribution in [2.75, 3.05) is 13.7 Å². The average molecular weight is 1490 g/mol. The van der Waals surface area contributed by atoms with E-state index in [2.05, 4.69) is 42.5 Å². The number of carbonyl (C=O) groups excluding carboxylic acids is 7. The van der Waals surface area contributed by atoms with Crippen LogP contribution in [0.4, 0.5) is 0 Å². The van der Waals surface area contributed by atoms with Crippen molar-refractivity contribution >= 4 is 70.5 Å². The second kappa shape index (κ2) is 31.7. The van der Waals surface area contributed by atoms with Crippen molar-refractivity contribution in [3.63, 3.8) is 0 Å². The lowest BCUT2D eigenvalue weighted by atomic mass is 9.73. The van der Waals surface area contributed by atoms with E-state index in [9.17, 15) is 75.0 Å². The van der Waals surface area contributed by atoms with Gasteiger partial charge in [0.15, 0.2) is 17.5 Å². The summed E-state index contributed by atoms with van der Waals surface area (Å²) in [6, 6.07) is -0.445. The Kier molecular flexibility index (Phi) is 23.6. The van der Waals surface area contributed by atoms with Crippen molar-refractivity contribution in [3.8, 4) is 57.1 Å². The zero-order valence-electron chi connectivity index (χ0n) is 57.1. The van der Waals surface area contributed by atoms with Crippen LogP contribution in [0.1, 0.15) is 125 Å². The highest BCUT2D eigenvalue weighted by atomic mass is 35.5. The van der Waals surface area contributed by atoms with E-state index in [0.717, 1.165) is 60.7 Å². The highest BCUT2D eigenvalue weighted by molar-refractivity contribution is 6.32. The average Bonchev–Trinajstić information content (AvgIpc) is 0.768. The quantitative estimate of drug-likeness (QED) is 0.0710.